The highest BCUT2D eigenvalue weighted by Gasteiger charge is 2.14. The standard InChI is InChI=1S/C10H8NO2S2/c12-15(13,10-7-4-8-14-10)11-9-5-2-1-3-6-9/h2-8,11H. The van der Waals surface area contributed by atoms with Gasteiger partial charge in [0.05, 0.1) is 0 Å². The molecule has 0 aliphatic carbocycles. The van der Waals surface area contributed by atoms with Gasteiger partial charge in [0.15, 0.2) is 0 Å². The molecule has 0 aliphatic heterocycles. The lowest BCUT2D eigenvalue weighted by atomic mass is 10.3. The third-order valence-corrected chi connectivity index (χ3v) is 4.51. The van der Waals surface area contributed by atoms with Crippen LogP contribution in [-0.2, 0) is 10.0 Å². The molecule has 77 valence electrons. The van der Waals surface area contributed by atoms with Crippen molar-refractivity contribution in [1.29, 1.82) is 0 Å². The normalized spacial score (nSPS) is 11.2. The summed E-state index contributed by atoms with van der Waals surface area (Å²) in [4.78, 5) is 0. The fourth-order valence-corrected chi connectivity index (χ4v) is 3.13. The molecule has 0 aliphatic rings. The summed E-state index contributed by atoms with van der Waals surface area (Å²) in [7, 11) is -3.42. The van der Waals surface area contributed by atoms with Crippen LogP contribution in [0.3, 0.4) is 0 Å². The van der Waals surface area contributed by atoms with Crippen LogP contribution in [0.1, 0.15) is 0 Å². The molecule has 2 aromatic rings. The van der Waals surface area contributed by atoms with Crippen LogP contribution in [0.4, 0.5) is 5.69 Å². The van der Waals surface area contributed by atoms with E-state index >= 15 is 0 Å². The van der Waals surface area contributed by atoms with Gasteiger partial charge in [0, 0.05) is 5.69 Å². The molecule has 1 N–H and O–H groups in total. The number of benzene rings is 1. The average Bonchev–Trinajstić information content (AvgIpc) is 2.71. The second kappa shape index (κ2) is 4.04. The van der Waals surface area contributed by atoms with Gasteiger partial charge in [0.1, 0.15) is 4.21 Å². The van der Waals surface area contributed by atoms with Crippen LogP contribution >= 0.6 is 11.3 Å². The smallest absolute Gasteiger partial charge is 0.271 e. The Morgan fingerprint density at radius 2 is 1.93 bits per heavy atom. The highest BCUT2D eigenvalue weighted by molar-refractivity contribution is 7.94. The van der Waals surface area contributed by atoms with Gasteiger partial charge in [-0.25, -0.2) is 8.42 Å². The summed E-state index contributed by atoms with van der Waals surface area (Å²) in [5.41, 5.74) is 0.544. The van der Waals surface area contributed by atoms with E-state index in [-0.39, 0.29) is 0 Å². The maximum Gasteiger partial charge on any atom is 0.271 e. The van der Waals surface area contributed by atoms with Crippen molar-refractivity contribution < 1.29 is 8.42 Å². The van der Waals surface area contributed by atoms with Crippen molar-refractivity contribution in [3.8, 4) is 0 Å². The van der Waals surface area contributed by atoms with E-state index in [0.717, 1.165) is 0 Å². The third kappa shape index (κ3) is 2.37. The lowest BCUT2D eigenvalue weighted by molar-refractivity contribution is 0.603. The maximum atomic E-state index is 11.8. The van der Waals surface area contributed by atoms with Gasteiger partial charge in [-0.2, -0.15) is 0 Å². The molecule has 0 unspecified atom stereocenters. The molecule has 0 atom stereocenters. The maximum absolute atomic E-state index is 11.8. The van der Waals surface area contributed by atoms with E-state index in [1.807, 2.05) is 0 Å². The quantitative estimate of drug-likeness (QED) is 0.892. The number of thiophene rings is 1. The molecule has 0 fully saturated rings. The predicted molar refractivity (Wildman–Crippen MR) is 60.4 cm³/mol. The van der Waals surface area contributed by atoms with Crippen LogP contribution in [0, 0.1) is 6.07 Å². The zero-order valence-corrected chi connectivity index (χ0v) is 9.31. The Hall–Kier alpha value is -1.33. The Kier molecular flexibility index (Phi) is 2.75. The van der Waals surface area contributed by atoms with E-state index in [4.69, 9.17) is 0 Å². The van der Waals surface area contributed by atoms with Crippen LogP contribution in [-0.4, -0.2) is 8.42 Å². The second-order valence-electron chi connectivity index (χ2n) is 2.83. The van der Waals surface area contributed by atoms with Gasteiger partial charge in [-0.05, 0) is 29.6 Å². The Labute approximate surface area is 92.4 Å². The van der Waals surface area contributed by atoms with Crippen LogP contribution in [0.15, 0.2) is 46.0 Å². The Morgan fingerprint density at radius 1 is 1.20 bits per heavy atom. The monoisotopic (exact) mass is 238 g/mol. The highest BCUT2D eigenvalue weighted by Crippen LogP contribution is 2.19. The van der Waals surface area contributed by atoms with Crippen molar-refractivity contribution in [1.82, 2.24) is 0 Å². The molecule has 15 heavy (non-hydrogen) atoms. The second-order valence-corrected chi connectivity index (χ2v) is 5.68. The van der Waals surface area contributed by atoms with Crippen LogP contribution in [0.25, 0.3) is 0 Å². The van der Waals surface area contributed by atoms with Crippen LogP contribution < -0.4 is 4.72 Å². The van der Waals surface area contributed by atoms with E-state index in [1.165, 1.54) is 11.3 Å². The molecule has 1 heterocycles. The number of nitrogens with one attached hydrogen (secondary N) is 1. The highest BCUT2D eigenvalue weighted by atomic mass is 32.2. The summed E-state index contributed by atoms with van der Waals surface area (Å²) in [5, 5.41) is 1.73. The van der Waals surface area contributed by atoms with Crippen molar-refractivity contribution in [3.05, 3.63) is 47.8 Å². The molecule has 1 radical (unpaired) electrons. The van der Waals surface area contributed by atoms with Crippen LogP contribution in [0.5, 0.6) is 0 Å². The molecule has 3 nitrogen and oxygen atoms in total. The molecule has 0 amide bonds. The summed E-state index contributed by atoms with van der Waals surface area (Å²) in [6.45, 7) is 0. The Bertz CT molecular complexity index is 518. The molecule has 0 spiro atoms. The number of sulfonamides is 1. The SMILES string of the molecule is O=S(=O)(Nc1cc[c]cc1)c1cccs1. The van der Waals surface area contributed by atoms with Gasteiger partial charge in [0.2, 0.25) is 0 Å². The van der Waals surface area contributed by atoms with Gasteiger partial charge >= 0.3 is 0 Å². The minimum Gasteiger partial charge on any atom is -0.279 e. The average molecular weight is 238 g/mol. The molecule has 5 heteroatoms. The van der Waals surface area contributed by atoms with Gasteiger partial charge in [-0.1, -0.05) is 18.2 Å². The molecular weight excluding hydrogens is 230 g/mol. The zero-order valence-electron chi connectivity index (χ0n) is 7.67. The minimum atomic E-state index is -3.42. The van der Waals surface area contributed by atoms with Crippen LogP contribution in [0.2, 0.25) is 0 Å². The van der Waals surface area contributed by atoms with E-state index in [9.17, 15) is 8.42 Å². The first-order valence-electron chi connectivity index (χ1n) is 4.21. The summed E-state index contributed by atoms with van der Waals surface area (Å²) >= 11 is 1.19. The number of anilines is 1. The molecule has 0 bridgehead atoms. The van der Waals surface area contributed by atoms with Crippen molar-refractivity contribution in [3.63, 3.8) is 0 Å². The summed E-state index contributed by atoms with van der Waals surface area (Å²) in [6, 6.07) is 12.7. The van der Waals surface area contributed by atoms with E-state index in [2.05, 4.69) is 10.8 Å². The third-order valence-electron chi connectivity index (χ3n) is 1.73. The van der Waals surface area contributed by atoms with Gasteiger partial charge in [-0.15, -0.1) is 11.3 Å². The topological polar surface area (TPSA) is 46.2 Å². The number of hydrogen-bond donors (Lipinski definition) is 1. The van der Waals surface area contributed by atoms with E-state index in [0.29, 0.717) is 9.90 Å². The minimum absolute atomic E-state index is 0.315. The lowest BCUT2D eigenvalue weighted by Crippen LogP contribution is -2.11. The van der Waals surface area contributed by atoms with Crippen molar-refractivity contribution >= 4 is 27.0 Å². The summed E-state index contributed by atoms with van der Waals surface area (Å²) < 4.78 is 26.3. The molecule has 2 rings (SSSR count). The number of hydrogen-bond acceptors (Lipinski definition) is 3. The van der Waals surface area contributed by atoms with Crippen molar-refractivity contribution in [2.24, 2.45) is 0 Å². The first-order chi connectivity index (χ1) is 7.18. The predicted octanol–water partition coefficient (Wildman–Crippen LogP) is 2.35. The summed E-state index contributed by atoms with van der Waals surface area (Å²) in [6.07, 6.45) is 0. The first kappa shape index (κ1) is 10.2. The molecule has 1 aromatic carbocycles. The molecule has 1 aromatic heterocycles. The molecule has 0 saturated carbocycles. The van der Waals surface area contributed by atoms with Gasteiger partial charge < -0.3 is 0 Å². The number of rotatable bonds is 3. The molecule has 0 saturated heterocycles. The van der Waals surface area contributed by atoms with Crippen molar-refractivity contribution in [2.45, 2.75) is 4.21 Å². The fraction of sp³-hybridized carbons (Fsp3) is 0. The van der Waals surface area contributed by atoms with Gasteiger partial charge in [-0.3, -0.25) is 4.72 Å². The fourth-order valence-electron chi connectivity index (χ4n) is 1.08. The van der Waals surface area contributed by atoms with E-state index < -0.39 is 10.0 Å². The van der Waals surface area contributed by atoms with E-state index in [1.54, 1.807) is 41.8 Å². The molecular formula is C10H8NO2S2. The Balaban J connectivity index is 2.27. The zero-order chi connectivity index (χ0) is 10.7. The Morgan fingerprint density at radius 3 is 2.53 bits per heavy atom. The van der Waals surface area contributed by atoms with Crippen molar-refractivity contribution in [2.75, 3.05) is 4.72 Å². The first-order valence-corrected chi connectivity index (χ1v) is 6.57. The summed E-state index contributed by atoms with van der Waals surface area (Å²) in [5.74, 6) is 0. The lowest BCUT2D eigenvalue weighted by Gasteiger charge is -2.04. The van der Waals surface area contributed by atoms with Gasteiger partial charge in [0.25, 0.3) is 10.0 Å². The largest absolute Gasteiger partial charge is 0.279 e.